The zero-order valence-electron chi connectivity index (χ0n) is 14.8. The molecule has 0 aromatic carbocycles. The van der Waals surface area contributed by atoms with Crippen molar-refractivity contribution in [2.75, 3.05) is 13.2 Å². The van der Waals surface area contributed by atoms with Crippen LogP contribution in [0.5, 0.6) is 0 Å². The fourth-order valence-electron chi connectivity index (χ4n) is 1.83. The van der Waals surface area contributed by atoms with Crippen LogP contribution in [-0.2, 0) is 23.1 Å². The number of carbonyl (C=O) groups is 2. The van der Waals surface area contributed by atoms with E-state index in [9.17, 15) is 34.4 Å². The van der Waals surface area contributed by atoms with Gasteiger partial charge in [0.15, 0.2) is 6.10 Å². The number of ether oxygens (including phenoxy) is 1. The number of unbranched alkanes of at least 4 members (excludes halogenated alkanes) is 4. The molecular weight excluding hydrogens is 391 g/mol. The van der Waals surface area contributed by atoms with Gasteiger partial charge in [0.2, 0.25) is 0 Å². The molecule has 0 rings (SSSR count). The smallest absolute Gasteiger partial charge is 0.394 e. The van der Waals surface area contributed by atoms with E-state index in [-0.39, 0.29) is 6.61 Å². The highest BCUT2D eigenvalue weighted by atomic mass is 31.2. The van der Waals surface area contributed by atoms with Crippen LogP contribution in [0.2, 0.25) is 0 Å². The van der Waals surface area contributed by atoms with Crippen LogP contribution >= 0.6 is 7.82 Å². The summed E-state index contributed by atoms with van der Waals surface area (Å²) in [5, 5.41) is 46.0. The topological polar surface area (TPSA) is 200 Å². The number of esters is 1. The van der Waals surface area contributed by atoms with E-state index in [1.165, 1.54) is 0 Å². The molecule has 1 unspecified atom stereocenters. The van der Waals surface area contributed by atoms with Crippen LogP contribution in [0.25, 0.3) is 0 Å². The van der Waals surface area contributed by atoms with Crippen LogP contribution in [0.3, 0.4) is 0 Å². The molecule has 0 bridgehead atoms. The Morgan fingerprint density at radius 3 is 2.15 bits per heavy atom. The number of phosphoric acid groups is 1. The molecule has 12 nitrogen and oxygen atoms in total. The van der Waals surface area contributed by atoms with Gasteiger partial charge in [-0.3, -0.25) is 9.42 Å². The average Bonchev–Trinajstić information content (AvgIpc) is 2.61. The summed E-state index contributed by atoms with van der Waals surface area (Å²) in [6.07, 6.45) is -6.70. The lowest BCUT2D eigenvalue weighted by molar-refractivity contribution is -0.165. The number of aliphatic hydroxyl groups excluding tert-OH is 5. The number of rotatable bonds is 13. The summed E-state index contributed by atoms with van der Waals surface area (Å²) in [5.74, 6) is -1.82. The van der Waals surface area contributed by atoms with E-state index in [0.29, 0.717) is 6.42 Å². The molecule has 13 heteroatoms. The van der Waals surface area contributed by atoms with Crippen molar-refractivity contribution in [3.05, 3.63) is 0 Å². The molecule has 5 atom stereocenters. The van der Waals surface area contributed by atoms with E-state index >= 15 is 0 Å². The summed E-state index contributed by atoms with van der Waals surface area (Å²) in [6.45, 7) is 0.862. The Balaban J connectivity index is 4.37. The summed E-state index contributed by atoms with van der Waals surface area (Å²) in [5.41, 5.74) is 0. The molecule has 0 saturated carbocycles. The molecule has 160 valence electrons. The summed E-state index contributed by atoms with van der Waals surface area (Å²) in [6, 6.07) is 0. The lowest BCUT2D eigenvalue weighted by Gasteiger charge is -2.24. The van der Waals surface area contributed by atoms with Gasteiger partial charge in [-0.2, -0.15) is 0 Å². The molecule has 0 spiro atoms. The van der Waals surface area contributed by atoms with Crippen molar-refractivity contribution in [1.29, 1.82) is 0 Å². The minimum absolute atomic E-state index is 0.175. The van der Waals surface area contributed by atoms with E-state index in [0.717, 1.165) is 25.7 Å². The maximum absolute atomic E-state index is 11.5. The first-order chi connectivity index (χ1) is 12.6. The van der Waals surface area contributed by atoms with Crippen LogP contribution in [-0.4, -0.2) is 80.2 Å². The second kappa shape index (κ2) is 13.1. The van der Waals surface area contributed by atoms with Gasteiger partial charge < -0.3 is 34.8 Å². The summed E-state index contributed by atoms with van der Waals surface area (Å²) in [4.78, 5) is 32.1. The van der Waals surface area contributed by atoms with E-state index in [2.05, 4.69) is 13.8 Å². The third-order valence-corrected chi connectivity index (χ3v) is 4.26. The molecular formula is C14H27O12P. The van der Waals surface area contributed by atoms with Crippen molar-refractivity contribution in [2.45, 2.75) is 63.4 Å². The first-order valence-corrected chi connectivity index (χ1v) is 9.81. The largest absolute Gasteiger partial charge is 0.532 e. The first kappa shape index (κ1) is 25.9. The number of carbonyl (C=O) groups excluding carboxylic acids is 2. The van der Waals surface area contributed by atoms with Gasteiger partial charge in [0.25, 0.3) is 0 Å². The SMILES string of the molecule is CCCCCCCOP(=O)(O)OC(=O)OC(=O)[C@H](O)[C@@H](O)[C@H](O)[C@H](O)CO. The van der Waals surface area contributed by atoms with Gasteiger partial charge in [0.05, 0.1) is 13.2 Å². The first-order valence-electron chi connectivity index (χ1n) is 8.31. The summed E-state index contributed by atoms with van der Waals surface area (Å²) in [7, 11) is -4.85. The molecule has 0 aromatic heterocycles. The Bertz CT molecular complexity index is 498. The maximum Gasteiger partial charge on any atom is 0.532 e. The van der Waals surface area contributed by atoms with Crippen LogP contribution < -0.4 is 0 Å². The second-order valence-corrected chi connectivity index (χ2v) is 7.03. The highest BCUT2D eigenvalue weighted by Crippen LogP contribution is 2.43. The monoisotopic (exact) mass is 418 g/mol. The third kappa shape index (κ3) is 10.7. The Labute approximate surface area is 155 Å². The second-order valence-electron chi connectivity index (χ2n) is 5.65. The van der Waals surface area contributed by atoms with E-state index in [1.54, 1.807) is 0 Å². The van der Waals surface area contributed by atoms with Crippen molar-refractivity contribution < 1.29 is 58.4 Å². The number of hydrogen-bond acceptors (Lipinski definition) is 11. The van der Waals surface area contributed by atoms with E-state index < -0.39 is 51.0 Å². The fourth-order valence-corrected chi connectivity index (χ4v) is 2.47. The summed E-state index contributed by atoms with van der Waals surface area (Å²) >= 11 is 0. The molecule has 0 heterocycles. The zero-order chi connectivity index (χ0) is 21.0. The Morgan fingerprint density at radius 2 is 1.59 bits per heavy atom. The molecule has 6 N–H and O–H groups in total. The molecule has 0 aliphatic heterocycles. The van der Waals surface area contributed by atoms with E-state index in [4.69, 9.17) is 10.2 Å². The highest BCUT2D eigenvalue weighted by molar-refractivity contribution is 7.48. The van der Waals surface area contributed by atoms with Crippen LogP contribution in [0, 0.1) is 0 Å². The number of hydrogen-bond donors (Lipinski definition) is 6. The molecule has 0 radical (unpaired) electrons. The van der Waals surface area contributed by atoms with Gasteiger partial charge in [-0.25, -0.2) is 14.2 Å². The lowest BCUT2D eigenvalue weighted by atomic mass is 10.0. The summed E-state index contributed by atoms with van der Waals surface area (Å²) < 4.78 is 23.9. The fraction of sp³-hybridized carbons (Fsp3) is 0.857. The highest BCUT2D eigenvalue weighted by Gasteiger charge is 2.37. The normalized spacial score (nSPS) is 18.0. The zero-order valence-corrected chi connectivity index (χ0v) is 15.7. The molecule has 0 fully saturated rings. The van der Waals surface area contributed by atoms with Crippen LogP contribution in [0.4, 0.5) is 4.79 Å². The third-order valence-electron chi connectivity index (χ3n) is 3.37. The molecule has 0 amide bonds. The van der Waals surface area contributed by atoms with Gasteiger partial charge in [-0.05, 0) is 6.42 Å². The Morgan fingerprint density at radius 1 is 1.00 bits per heavy atom. The standard InChI is InChI=1S/C14H27O12P/c1-2-3-4-5-6-7-24-27(22,23)26-14(21)25-13(20)12(19)11(18)10(17)9(16)8-15/h9-12,15-19H,2-8H2,1H3,(H,22,23)/t9-,10-,11+,12-/m1/s1. The van der Waals surface area contributed by atoms with Gasteiger partial charge in [-0.15, -0.1) is 0 Å². The van der Waals surface area contributed by atoms with Crippen molar-refractivity contribution in [2.24, 2.45) is 0 Å². The molecule has 0 aliphatic carbocycles. The predicted octanol–water partition coefficient (Wildman–Crippen LogP) is -0.811. The van der Waals surface area contributed by atoms with E-state index in [1.807, 2.05) is 6.92 Å². The van der Waals surface area contributed by atoms with Gasteiger partial charge in [-0.1, -0.05) is 32.6 Å². The maximum atomic E-state index is 11.5. The van der Waals surface area contributed by atoms with Crippen molar-refractivity contribution in [3.63, 3.8) is 0 Å². The minimum Gasteiger partial charge on any atom is -0.394 e. The molecule has 27 heavy (non-hydrogen) atoms. The molecule has 0 aliphatic rings. The Kier molecular flexibility index (Phi) is 12.6. The van der Waals surface area contributed by atoms with Gasteiger partial charge in [0, 0.05) is 0 Å². The van der Waals surface area contributed by atoms with Crippen molar-refractivity contribution in [1.82, 2.24) is 0 Å². The quantitative estimate of drug-likeness (QED) is 0.0941. The number of aliphatic hydroxyl groups is 5. The van der Waals surface area contributed by atoms with Gasteiger partial charge >= 0.3 is 19.9 Å². The predicted molar refractivity (Wildman–Crippen MR) is 88.2 cm³/mol. The minimum atomic E-state index is -4.85. The Hall–Kier alpha value is -1.11. The molecule has 0 saturated heterocycles. The van der Waals surface area contributed by atoms with Crippen LogP contribution in [0.1, 0.15) is 39.0 Å². The lowest BCUT2D eigenvalue weighted by Crippen LogP contribution is -2.49. The van der Waals surface area contributed by atoms with Crippen LogP contribution in [0.15, 0.2) is 0 Å². The molecule has 0 aromatic rings. The number of phosphoric ester groups is 1. The van der Waals surface area contributed by atoms with Crippen molar-refractivity contribution in [3.8, 4) is 0 Å². The van der Waals surface area contributed by atoms with Gasteiger partial charge in [0.1, 0.15) is 18.3 Å². The van der Waals surface area contributed by atoms with Crippen molar-refractivity contribution >= 4 is 19.9 Å². The average molecular weight is 418 g/mol.